The minimum absolute atomic E-state index is 0.0397. The molecule has 1 aromatic carbocycles. The molecule has 3 unspecified atom stereocenters. The van der Waals surface area contributed by atoms with E-state index in [2.05, 4.69) is 63.6 Å². The number of likely N-dealkylation sites (N-methyl/N-ethyl adjacent to an activating group) is 1. The average Bonchev–Trinajstić information content (AvgIpc) is 3.04. The van der Waals surface area contributed by atoms with Crippen LogP contribution in [0.25, 0.3) is 11.3 Å². The van der Waals surface area contributed by atoms with Crippen LogP contribution in [0.3, 0.4) is 0 Å². The maximum Gasteiger partial charge on any atom is 0.236 e. The number of ether oxygens (including phenoxy) is 1. The first-order valence-electron chi connectivity index (χ1n) is 16.4. The van der Waals surface area contributed by atoms with Crippen molar-refractivity contribution in [3.63, 3.8) is 0 Å². The zero-order valence-electron chi connectivity index (χ0n) is 28.1. The van der Waals surface area contributed by atoms with Gasteiger partial charge in [0.15, 0.2) is 0 Å². The number of aliphatic hydroxyl groups is 1. The van der Waals surface area contributed by atoms with Gasteiger partial charge in [0.2, 0.25) is 11.9 Å². The SMILES string of the molecule is CN1CCCN(C)c2ccc(cn2)-c2ccnc(n2)N(COCC[Si](C)(C)C)c2cccc(c2)CN2CCN(CC1=O)CC2CO. The van der Waals surface area contributed by atoms with E-state index in [0.29, 0.717) is 45.5 Å². The van der Waals surface area contributed by atoms with E-state index in [-0.39, 0.29) is 18.6 Å². The van der Waals surface area contributed by atoms with Gasteiger partial charge in [0.25, 0.3) is 0 Å². The molecule has 3 atom stereocenters. The average molecular weight is 647 g/mol. The van der Waals surface area contributed by atoms with Crippen LogP contribution in [-0.4, -0.2) is 128 Å². The molecule has 0 saturated carbocycles. The van der Waals surface area contributed by atoms with E-state index in [4.69, 9.17) is 14.7 Å². The second-order valence-corrected chi connectivity index (χ2v) is 19.3. The monoisotopic (exact) mass is 646 g/mol. The summed E-state index contributed by atoms with van der Waals surface area (Å²) in [6.07, 6.45) is 4.48. The molecule has 2 aromatic heterocycles. The van der Waals surface area contributed by atoms with Gasteiger partial charge in [-0.2, -0.15) is 0 Å². The minimum atomic E-state index is -1.25. The molecular formula is C34H50N8O3Si. The normalized spacial score (nSPS) is 21.6. The Bertz CT molecular complexity index is 1440. The largest absolute Gasteiger partial charge is 0.395 e. The summed E-state index contributed by atoms with van der Waals surface area (Å²) in [5.74, 6) is 1.54. The Kier molecular flexibility index (Phi) is 11.4. The number of carbonyl (C=O) groups is 1. The zero-order valence-corrected chi connectivity index (χ0v) is 29.1. The Labute approximate surface area is 274 Å². The molecule has 3 aromatic rings. The molecule has 1 fully saturated rings. The van der Waals surface area contributed by atoms with Crippen LogP contribution in [0, 0.1) is 0 Å². The van der Waals surface area contributed by atoms with Crippen LogP contribution in [0.1, 0.15) is 12.0 Å². The minimum Gasteiger partial charge on any atom is -0.395 e. The molecular weight excluding hydrogens is 597 g/mol. The number of aromatic nitrogens is 3. The lowest BCUT2D eigenvalue weighted by molar-refractivity contribution is -0.132. The molecule has 0 radical (unpaired) electrons. The Morgan fingerprint density at radius 1 is 0.978 bits per heavy atom. The summed E-state index contributed by atoms with van der Waals surface area (Å²) in [6.45, 7) is 12.8. The standard InChI is InChI=1S/C34H50N8O3Si/c1-38-14-7-15-39(2)33(44)24-40-16-17-41(30(23-40)25-43)22-27-8-6-9-29(20-27)42(26-45-18-19-46(3,4)5)34-35-13-12-31(37-34)28-10-11-32(38)36-21-28/h6,8-13,20-21,30,43H,7,14-19,22-26H2,1-5H3. The summed E-state index contributed by atoms with van der Waals surface area (Å²) < 4.78 is 6.25. The smallest absolute Gasteiger partial charge is 0.236 e. The second-order valence-electron chi connectivity index (χ2n) is 13.7. The molecule has 11 nitrogen and oxygen atoms in total. The van der Waals surface area contributed by atoms with Crippen molar-refractivity contribution in [3.8, 4) is 11.3 Å². The third-order valence-corrected chi connectivity index (χ3v) is 10.5. The van der Waals surface area contributed by atoms with Crippen LogP contribution < -0.4 is 9.80 Å². The van der Waals surface area contributed by atoms with Crippen LogP contribution in [0.15, 0.2) is 54.9 Å². The Hall–Kier alpha value is -3.42. The number of hydrogen-bond acceptors (Lipinski definition) is 10. The molecule has 8 bridgehead atoms. The molecule has 1 N–H and O–H groups in total. The van der Waals surface area contributed by atoms with Crippen LogP contribution in [0.4, 0.5) is 17.5 Å². The highest BCUT2D eigenvalue weighted by molar-refractivity contribution is 6.76. The number of hydrogen-bond donors (Lipinski definition) is 1. The van der Waals surface area contributed by atoms with Crippen molar-refractivity contribution < 1.29 is 14.6 Å². The molecule has 7 heterocycles. The van der Waals surface area contributed by atoms with Crippen LogP contribution >= 0.6 is 0 Å². The van der Waals surface area contributed by atoms with E-state index in [1.807, 2.05) is 48.3 Å². The molecule has 248 valence electrons. The van der Waals surface area contributed by atoms with Crippen molar-refractivity contribution in [2.75, 3.05) is 83.1 Å². The molecule has 8 rings (SSSR count). The number of piperazine rings is 1. The van der Waals surface area contributed by atoms with E-state index in [0.717, 1.165) is 60.4 Å². The van der Waals surface area contributed by atoms with E-state index in [9.17, 15) is 9.90 Å². The maximum absolute atomic E-state index is 13.1. The third kappa shape index (κ3) is 9.10. The molecule has 0 spiro atoms. The molecule has 0 aliphatic carbocycles. The van der Waals surface area contributed by atoms with Gasteiger partial charge < -0.3 is 19.6 Å². The fraction of sp³-hybridized carbons (Fsp3) is 0.529. The van der Waals surface area contributed by atoms with Gasteiger partial charge in [-0.1, -0.05) is 31.8 Å². The third-order valence-electron chi connectivity index (χ3n) is 8.81. The Morgan fingerprint density at radius 3 is 2.57 bits per heavy atom. The molecule has 46 heavy (non-hydrogen) atoms. The van der Waals surface area contributed by atoms with Crippen molar-refractivity contribution in [2.45, 2.75) is 44.7 Å². The van der Waals surface area contributed by atoms with Gasteiger partial charge in [-0.25, -0.2) is 15.0 Å². The predicted molar refractivity (Wildman–Crippen MR) is 186 cm³/mol. The van der Waals surface area contributed by atoms with E-state index >= 15 is 0 Å². The van der Waals surface area contributed by atoms with E-state index in [1.54, 1.807) is 6.20 Å². The van der Waals surface area contributed by atoms with Crippen LogP contribution in [-0.2, 0) is 16.1 Å². The van der Waals surface area contributed by atoms with Gasteiger partial charge in [-0.15, -0.1) is 0 Å². The quantitative estimate of drug-likeness (QED) is 0.315. The lowest BCUT2D eigenvalue weighted by atomic mass is 10.1. The number of carbonyl (C=O) groups excluding carboxylic acids is 1. The number of pyridine rings is 1. The number of amides is 1. The second kappa shape index (κ2) is 15.4. The van der Waals surface area contributed by atoms with Gasteiger partial charge in [0.1, 0.15) is 12.5 Å². The summed E-state index contributed by atoms with van der Waals surface area (Å²) in [5, 5.41) is 10.3. The summed E-state index contributed by atoms with van der Waals surface area (Å²) in [7, 11) is 2.65. The van der Waals surface area contributed by atoms with Crippen molar-refractivity contribution in [2.24, 2.45) is 0 Å². The van der Waals surface area contributed by atoms with Crippen molar-refractivity contribution in [1.29, 1.82) is 0 Å². The lowest BCUT2D eigenvalue weighted by Crippen LogP contribution is -2.56. The lowest BCUT2D eigenvalue weighted by Gasteiger charge is -2.41. The highest BCUT2D eigenvalue weighted by Gasteiger charge is 2.28. The zero-order chi connectivity index (χ0) is 32.7. The van der Waals surface area contributed by atoms with Crippen molar-refractivity contribution >= 4 is 31.4 Å². The Balaban J connectivity index is 1.47. The first kappa shape index (κ1) is 33.9. The predicted octanol–water partition coefficient (Wildman–Crippen LogP) is 3.77. The summed E-state index contributed by atoms with van der Waals surface area (Å²) in [4.78, 5) is 37.9. The summed E-state index contributed by atoms with van der Waals surface area (Å²) in [6, 6.07) is 15.4. The fourth-order valence-electron chi connectivity index (χ4n) is 5.82. The highest BCUT2D eigenvalue weighted by atomic mass is 28.3. The highest BCUT2D eigenvalue weighted by Crippen LogP contribution is 2.27. The van der Waals surface area contributed by atoms with Gasteiger partial charge in [0.05, 0.1) is 18.8 Å². The number of rotatable bonds is 6. The Morgan fingerprint density at radius 2 is 1.80 bits per heavy atom. The van der Waals surface area contributed by atoms with Gasteiger partial charge in [-0.3, -0.25) is 19.5 Å². The van der Waals surface area contributed by atoms with Gasteiger partial charge >= 0.3 is 0 Å². The molecule has 5 aliphatic heterocycles. The topological polar surface area (TPSA) is 101 Å². The maximum atomic E-state index is 13.1. The summed E-state index contributed by atoms with van der Waals surface area (Å²) >= 11 is 0. The molecule has 12 heteroatoms. The van der Waals surface area contributed by atoms with Crippen molar-refractivity contribution in [3.05, 3.63) is 60.4 Å². The van der Waals surface area contributed by atoms with Crippen molar-refractivity contribution in [1.82, 2.24) is 29.7 Å². The fourth-order valence-corrected chi connectivity index (χ4v) is 6.58. The van der Waals surface area contributed by atoms with Crippen LogP contribution in [0.2, 0.25) is 25.7 Å². The molecule has 1 amide bonds. The number of nitrogens with zero attached hydrogens (tertiary/aromatic N) is 8. The molecule has 5 aliphatic rings. The number of benzene rings is 1. The van der Waals surface area contributed by atoms with Crippen LogP contribution in [0.5, 0.6) is 0 Å². The first-order valence-corrected chi connectivity index (χ1v) is 20.1. The number of anilines is 3. The van der Waals surface area contributed by atoms with Gasteiger partial charge in [0, 0.05) is 97.7 Å². The number of aliphatic hydroxyl groups excluding tert-OH is 1. The van der Waals surface area contributed by atoms with Gasteiger partial charge in [-0.05, 0) is 48.4 Å². The van der Waals surface area contributed by atoms with E-state index in [1.165, 1.54) is 0 Å². The molecule has 1 saturated heterocycles. The van der Waals surface area contributed by atoms with E-state index < -0.39 is 8.07 Å². The first-order chi connectivity index (χ1) is 22.1. The summed E-state index contributed by atoms with van der Waals surface area (Å²) in [5.41, 5.74) is 3.78.